The number of hydrogen-bond acceptors (Lipinski definition) is 3. The Bertz CT molecular complexity index is 617. The minimum Gasteiger partial charge on any atom is -0.388 e. The van der Waals surface area contributed by atoms with Crippen LogP contribution in [0.4, 0.5) is 0 Å². The van der Waals surface area contributed by atoms with E-state index in [4.69, 9.17) is 6.42 Å². The van der Waals surface area contributed by atoms with Crippen LogP contribution in [-0.4, -0.2) is 22.3 Å². The van der Waals surface area contributed by atoms with Crippen molar-refractivity contribution in [2.45, 2.75) is 70.3 Å². The summed E-state index contributed by atoms with van der Waals surface area (Å²) in [7, 11) is 0. The summed E-state index contributed by atoms with van der Waals surface area (Å²) in [6.07, 6.45) is 12.4. The molecule has 4 rings (SSSR count). The molecule has 4 fully saturated rings. The molecule has 4 aliphatic carbocycles. The molecule has 0 bridgehead atoms. The third kappa shape index (κ3) is 1.76. The van der Waals surface area contributed by atoms with E-state index in [0.717, 1.165) is 25.7 Å². The Labute approximate surface area is 138 Å². The molecule has 0 aromatic rings. The summed E-state index contributed by atoms with van der Waals surface area (Å²) in [6.45, 7) is 2.15. The van der Waals surface area contributed by atoms with Crippen LogP contribution in [0.2, 0.25) is 0 Å². The zero-order valence-electron chi connectivity index (χ0n) is 13.9. The highest BCUT2D eigenvalue weighted by molar-refractivity contribution is 5.87. The Morgan fingerprint density at radius 3 is 2.61 bits per heavy atom. The third-order valence-corrected chi connectivity index (χ3v) is 8.05. The summed E-state index contributed by atoms with van der Waals surface area (Å²) in [5, 5.41) is 11.3. The van der Waals surface area contributed by atoms with Crippen molar-refractivity contribution in [3.63, 3.8) is 0 Å². The van der Waals surface area contributed by atoms with Gasteiger partial charge in [0.1, 0.15) is 11.6 Å². The number of aliphatic hydroxyl groups is 1. The Kier molecular flexibility index (Phi) is 3.14. The van der Waals surface area contributed by atoms with Crippen LogP contribution in [0.25, 0.3) is 0 Å². The molecule has 0 heterocycles. The van der Waals surface area contributed by atoms with E-state index in [1.54, 1.807) is 0 Å². The van der Waals surface area contributed by atoms with E-state index in [0.29, 0.717) is 43.3 Å². The summed E-state index contributed by atoms with van der Waals surface area (Å²) in [5.41, 5.74) is -1.75. The van der Waals surface area contributed by atoms with E-state index >= 15 is 0 Å². The SMILES string of the molecule is C#C[C@]12CCC(=O)C[C@]1(O)CC[C@H]1[C@@H]3CCC(=O)[C@@]3(C)CC[C@@H]12. The van der Waals surface area contributed by atoms with E-state index in [1.807, 2.05) is 0 Å². The summed E-state index contributed by atoms with van der Waals surface area (Å²) in [6, 6.07) is 0. The normalized spacial score (nSPS) is 52.3. The van der Waals surface area contributed by atoms with Crippen molar-refractivity contribution < 1.29 is 14.7 Å². The second kappa shape index (κ2) is 4.70. The molecule has 0 aliphatic heterocycles. The molecule has 0 aromatic heterocycles. The molecule has 124 valence electrons. The van der Waals surface area contributed by atoms with Crippen LogP contribution < -0.4 is 0 Å². The minimum atomic E-state index is -1.02. The van der Waals surface area contributed by atoms with E-state index in [2.05, 4.69) is 12.8 Å². The fraction of sp³-hybridized carbons (Fsp3) is 0.800. The molecule has 4 saturated carbocycles. The average Bonchev–Trinajstić information content (AvgIpc) is 2.82. The minimum absolute atomic E-state index is 0.147. The number of fused-ring (bicyclic) bond motifs is 5. The maximum Gasteiger partial charge on any atom is 0.139 e. The molecule has 6 atom stereocenters. The van der Waals surface area contributed by atoms with Crippen molar-refractivity contribution in [3.05, 3.63) is 0 Å². The molecule has 4 aliphatic rings. The molecule has 1 N–H and O–H groups in total. The summed E-state index contributed by atoms with van der Waals surface area (Å²) >= 11 is 0. The van der Waals surface area contributed by atoms with E-state index in [9.17, 15) is 14.7 Å². The van der Waals surface area contributed by atoms with Crippen molar-refractivity contribution in [1.29, 1.82) is 0 Å². The number of ketones is 2. The second-order valence-corrected chi connectivity index (χ2v) is 8.70. The van der Waals surface area contributed by atoms with Crippen LogP contribution in [0.5, 0.6) is 0 Å². The van der Waals surface area contributed by atoms with Gasteiger partial charge in [0.05, 0.1) is 11.0 Å². The fourth-order valence-electron chi connectivity index (χ4n) is 6.78. The summed E-state index contributed by atoms with van der Waals surface area (Å²) < 4.78 is 0. The largest absolute Gasteiger partial charge is 0.388 e. The lowest BCUT2D eigenvalue weighted by molar-refractivity contribution is -0.185. The molecule has 3 heteroatoms. The molecule has 23 heavy (non-hydrogen) atoms. The second-order valence-electron chi connectivity index (χ2n) is 8.70. The smallest absolute Gasteiger partial charge is 0.139 e. The van der Waals surface area contributed by atoms with Gasteiger partial charge in [-0.25, -0.2) is 0 Å². The zero-order chi connectivity index (χ0) is 16.5. The molecule has 0 aromatic carbocycles. The zero-order valence-corrected chi connectivity index (χ0v) is 13.9. The van der Waals surface area contributed by atoms with Crippen LogP contribution in [-0.2, 0) is 9.59 Å². The van der Waals surface area contributed by atoms with Gasteiger partial charge in [-0.3, -0.25) is 9.59 Å². The Morgan fingerprint density at radius 1 is 1.09 bits per heavy atom. The molecular weight excluding hydrogens is 288 g/mol. The van der Waals surface area contributed by atoms with Crippen LogP contribution in [0.3, 0.4) is 0 Å². The lowest BCUT2D eigenvalue weighted by Gasteiger charge is -2.61. The van der Waals surface area contributed by atoms with Crippen LogP contribution in [0, 0.1) is 40.9 Å². The van der Waals surface area contributed by atoms with Crippen molar-refractivity contribution >= 4 is 11.6 Å². The van der Waals surface area contributed by atoms with Gasteiger partial charge in [0, 0.05) is 24.7 Å². The predicted molar refractivity (Wildman–Crippen MR) is 86.4 cm³/mol. The first-order valence-corrected chi connectivity index (χ1v) is 9.11. The van der Waals surface area contributed by atoms with Gasteiger partial charge in [-0.15, -0.1) is 6.42 Å². The van der Waals surface area contributed by atoms with Gasteiger partial charge in [-0.05, 0) is 56.3 Å². The molecule has 0 spiro atoms. The molecule has 0 radical (unpaired) electrons. The Morgan fingerprint density at radius 2 is 1.87 bits per heavy atom. The highest BCUT2D eigenvalue weighted by atomic mass is 16.3. The van der Waals surface area contributed by atoms with Gasteiger partial charge in [0.2, 0.25) is 0 Å². The molecule has 3 nitrogen and oxygen atoms in total. The van der Waals surface area contributed by atoms with Crippen molar-refractivity contribution in [1.82, 2.24) is 0 Å². The van der Waals surface area contributed by atoms with Crippen molar-refractivity contribution in [2.24, 2.45) is 28.6 Å². The first-order chi connectivity index (χ1) is 10.9. The van der Waals surface area contributed by atoms with Gasteiger partial charge >= 0.3 is 0 Å². The first-order valence-electron chi connectivity index (χ1n) is 9.11. The van der Waals surface area contributed by atoms with E-state index in [1.165, 1.54) is 0 Å². The summed E-state index contributed by atoms with van der Waals surface area (Å²) in [4.78, 5) is 24.4. The monoisotopic (exact) mass is 314 g/mol. The predicted octanol–water partition coefficient (Wildman–Crippen LogP) is 2.90. The fourth-order valence-corrected chi connectivity index (χ4v) is 6.78. The average molecular weight is 314 g/mol. The third-order valence-electron chi connectivity index (χ3n) is 8.05. The quantitative estimate of drug-likeness (QED) is 0.700. The lowest BCUT2D eigenvalue weighted by atomic mass is 9.43. The highest BCUT2D eigenvalue weighted by Gasteiger charge is 2.66. The number of carbonyl (C=O) groups excluding carboxylic acids is 2. The van der Waals surface area contributed by atoms with Gasteiger partial charge in [0.15, 0.2) is 0 Å². The van der Waals surface area contributed by atoms with E-state index < -0.39 is 11.0 Å². The molecular formula is C20H26O3. The molecule has 0 amide bonds. The number of hydrogen-bond donors (Lipinski definition) is 1. The lowest BCUT2D eigenvalue weighted by Crippen LogP contribution is -2.63. The standard InChI is InChI=1S/C20H26O3/c1-3-19-10-6-13(21)12-20(19,23)11-7-14-15-4-5-17(22)18(15,2)9-8-16(14)19/h1,14-16,23H,4-12H2,2H3/t14-,15-,16-,18-,19+,20+/m0/s1. The van der Waals surface area contributed by atoms with Gasteiger partial charge in [0.25, 0.3) is 0 Å². The Hall–Kier alpha value is -1.14. The highest BCUT2D eigenvalue weighted by Crippen LogP contribution is 2.66. The van der Waals surface area contributed by atoms with Crippen LogP contribution >= 0.6 is 0 Å². The maximum absolute atomic E-state index is 12.4. The first kappa shape index (κ1) is 15.4. The number of rotatable bonds is 0. The molecule has 0 saturated heterocycles. The number of Topliss-reactive ketones (excluding diaryl/α,β-unsaturated/α-hetero) is 2. The van der Waals surface area contributed by atoms with Gasteiger partial charge < -0.3 is 5.11 Å². The Balaban J connectivity index is 1.74. The van der Waals surface area contributed by atoms with Gasteiger partial charge in [-0.2, -0.15) is 0 Å². The summed E-state index contributed by atoms with van der Waals surface area (Å²) in [5.74, 6) is 4.69. The van der Waals surface area contributed by atoms with Crippen LogP contribution in [0.15, 0.2) is 0 Å². The van der Waals surface area contributed by atoms with Gasteiger partial charge in [-0.1, -0.05) is 12.8 Å². The van der Waals surface area contributed by atoms with E-state index in [-0.39, 0.29) is 23.5 Å². The number of carbonyl (C=O) groups is 2. The molecule has 0 unspecified atom stereocenters. The topological polar surface area (TPSA) is 54.4 Å². The van der Waals surface area contributed by atoms with Crippen LogP contribution in [0.1, 0.15) is 64.7 Å². The number of terminal acetylenes is 1. The van der Waals surface area contributed by atoms with Crippen molar-refractivity contribution in [3.8, 4) is 12.3 Å². The maximum atomic E-state index is 12.4. The van der Waals surface area contributed by atoms with Crippen molar-refractivity contribution in [2.75, 3.05) is 0 Å².